The third-order valence-electron chi connectivity index (χ3n) is 6.01. The summed E-state index contributed by atoms with van der Waals surface area (Å²) in [6.45, 7) is 2.92. The van der Waals surface area contributed by atoms with Gasteiger partial charge in [-0.1, -0.05) is 37.1 Å². The van der Waals surface area contributed by atoms with E-state index in [-0.39, 0.29) is 5.56 Å². The number of halogens is 1. The zero-order chi connectivity index (χ0) is 24.4. The molecule has 0 amide bonds. The SMILES string of the molecule is CCCCCn1c2cc(Br)[nH]c2c(=O)n2c(CCc3nc(Cc4ccc(OC)cc4)no3)nnc12. The maximum absolute atomic E-state index is 13.3. The lowest BCUT2D eigenvalue weighted by molar-refractivity contribution is 0.373. The maximum Gasteiger partial charge on any atom is 0.284 e. The molecule has 1 aromatic carbocycles. The molecule has 4 aromatic heterocycles. The van der Waals surface area contributed by atoms with Crippen LogP contribution in [0.3, 0.4) is 0 Å². The van der Waals surface area contributed by atoms with E-state index < -0.39 is 0 Å². The molecule has 0 saturated heterocycles. The lowest BCUT2D eigenvalue weighted by atomic mass is 10.1. The highest BCUT2D eigenvalue weighted by Gasteiger charge is 2.19. The molecule has 182 valence electrons. The van der Waals surface area contributed by atoms with Crippen LogP contribution in [0, 0.1) is 0 Å². The Kier molecular flexibility index (Phi) is 6.67. The van der Waals surface area contributed by atoms with Gasteiger partial charge in [0.05, 0.1) is 17.2 Å². The van der Waals surface area contributed by atoms with Crippen LogP contribution in [0.4, 0.5) is 0 Å². The van der Waals surface area contributed by atoms with Gasteiger partial charge in [-0.3, -0.25) is 4.79 Å². The molecule has 0 atom stereocenters. The van der Waals surface area contributed by atoms with E-state index in [9.17, 15) is 4.79 Å². The second-order valence-corrected chi connectivity index (χ2v) is 9.28. The summed E-state index contributed by atoms with van der Waals surface area (Å²) < 4.78 is 15.0. The van der Waals surface area contributed by atoms with Gasteiger partial charge in [-0.05, 0) is 46.1 Å². The van der Waals surface area contributed by atoms with Crippen LogP contribution in [0.1, 0.15) is 49.3 Å². The Hall–Kier alpha value is -3.47. The minimum Gasteiger partial charge on any atom is -0.497 e. The zero-order valence-corrected chi connectivity index (χ0v) is 21.2. The van der Waals surface area contributed by atoms with Gasteiger partial charge in [0.2, 0.25) is 11.7 Å². The standard InChI is InChI=1S/C24H26BrN7O3/c1-3-4-5-12-31-17-14-18(25)26-22(17)23(33)32-20(28-29-24(31)32)10-11-21-27-19(30-35-21)13-15-6-8-16(34-2)9-7-15/h6-9,14,26H,3-5,10-13H2,1-2H3. The number of methoxy groups -OCH3 is 1. The molecule has 35 heavy (non-hydrogen) atoms. The molecule has 0 spiro atoms. The van der Waals surface area contributed by atoms with Crippen molar-refractivity contribution in [2.75, 3.05) is 7.11 Å². The molecule has 11 heteroatoms. The minimum atomic E-state index is -0.168. The van der Waals surface area contributed by atoms with Crippen molar-refractivity contribution in [1.82, 2.24) is 34.3 Å². The number of benzene rings is 1. The normalized spacial score (nSPS) is 11.6. The number of aryl methyl sites for hydroxylation is 3. The number of aromatic amines is 1. The second kappa shape index (κ2) is 10.0. The van der Waals surface area contributed by atoms with E-state index in [1.54, 1.807) is 11.5 Å². The van der Waals surface area contributed by atoms with Crippen molar-refractivity contribution in [3.8, 4) is 5.75 Å². The molecular formula is C24H26BrN7O3. The summed E-state index contributed by atoms with van der Waals surface area (Å²) in [4.78, 5) is 20.9. The predicted molar refractivity (Wildman–Crippen MR) is 134 cm³/mol. The largest absolute Gasteiger partial charge is 0.497 e. The molecule has 0 radical (unpaired) electrons. The van der Waals surface area contributed by atoms with Gasteiger partial charge in [0, 0.05) is 25.8 Å². The molecule has 1 N–H and O–H groups in total. The quantitative estimate of drug-likeness (QED) is 0.265. The number of hydrogen-bond acceptors (Lipinski definition) is 7. The van der Waals surface area contributed by atoms with Gasteiger partial charge in [-0.25, -0.2) is 4.40 Å². The fourth-order valence-corrected chi connectivity index (χ4v) is 4.62. The number of hydrogen-bond donors (Lipinski definition) is 1. The smallest absolute Gasteiger partial charge is 0.284 e. The Morgan fingerprint density at radius 1 is 1.14 bits per heavy atom. The van der Waals surface area contributed by atoms with Crippen molar-refractivity contribution in [3.05, 3.63) is 68.4 Å². The Labute approximate surface area is 209 Å². The van der Waals surface area contributed by atoms with Gasteiger partial charge in [0.15, 0.2) is 5.82 Å². The lowest BCUT2D eigenvalue weighted by Crippen LogP contribution is -2.21. The first-order valence-electron chi connectivity index (χ1n) is 11.7. The van der Waals surface area contributed by atoms with Crippen LogP contribution in [0.2, 0.25) is 0 Å². The zero-order valence-electron chi connectivity index (χ0n) is 19.6. The first-order chi connectivity index (χ1) is 17.1. The third kappa shape index (κ3) is 4.72. The van der Waals surface area contributed by atoms with Crippen LogP contribution < -0.4 is 10.3 Å². The van der Waals surface area contributed by atoms with Crippen LogP contribution in [-0.4, -0.2) is 41.4 Å². The van der Waals surface area contributed by atoms with Gasteiger partial charge in [0.1, 0.15) is 17.1 Å². The van der Waals surface area contributed by atoms with Crippen LogP contribution in [0.15, 0.2) is 44.3 Å². The van der Waals surface area contributed by atoms with Crippen molar-refractivity contribution in [1.29, 1.82) is 0 Å². The monoisotopic (exact) mass is 539 g/mol. The lowest BCUT2D eigenvalue weighted by Gasteiger charge is -2.10. The van der Waals surface area contributed by atoms with E-state index in [4.69, 9.17) is 9.26 Å². The summed E-state index contributed by atoms with van der Waals surface area (Å²) in [7, 11) is 1.64. The fourth-order valence-electron chi connectivity index (χ4n) is 4.21. The molecule has 0 aliphatic rings. The van der Waals surface area contributed by atoms with Crippen molar-refractivity contribution in [3.63, 3.8) is 0 Å². The molecule has 4 heterocycles. The fraction of sp³-hybridized carbons (Fsp3) is 0.375. The molecule has 0 aliphatic heterocycles. The van der Waals surface area contributed by atoms with Crippen molar-refractivity contribution in [2.45, 2.75) is 52.0 Å². The summed E-state index contributed by atoms with van der Waals surface area (Å²) in [5, 5.41) is 12.8. The number of nitrogens with zero attached hydrogens (tertiary/aromatic N) is 6. The maximum atomic E-state index is 13.3. The molecule has 0 unspecified atom stereocenters. The summed E-state index contributed by atoms with van der Waals surface area (Å²) in [6, 6.07) is 9.67. The number of H-pyrrole nitrogens is 1. The Morgan fingerprint density at radius 3 is 2.74 bits per heavy atom. The van der Waals surface area contributed by atoms with Gasteiger partial charge in [-0.15, -0.1) is 10.2 Å². The summed E-state index contributed by atoms with van der Waals surface area (Å²) in [6.07, 6.45) is 4.67. The number of nitrogens with one attached hydrogen (secondary N) is 1. The summed E-state index contributed by atoms with van der Waals surface area (Å²) in [5.74, 6) is 3.02. The van der Waals surface area contributed by atoms with E-state index >= 15 is 0 Å². The number of rotatable bonds is 10. The first kappa shape index (κ1) is 23.3. The molecule has 0 aliphatic carbocycles. The number of aromatic nitrogens is 7. The molecule has 10 nitrogen and oxygen atoms in total. The predicted octanol–water partition coefficient (Wildman–Crippen LogP) is 4.09. The van der Waals surface area contributed by atoms with Crippen LogP contribution >= 0.6 is 15.9 Å². The minimum absolute atomic E-state index is 0.168. The Morgan fingerprint density at radius 2 is 1.97 bits per heavy atom. The van der Waals surface area contributed by atoms with E-state index in [1.807, 2.05) is 30.3 Å². The third-order valence-corrected chi connectivity index (χ3v) is 6.43. The molecular weight excluding hydrogens is 514 g/mol. The van der Waals surface area contributed by atoms with E-state index in [1.165, 1.54) is 0 Å². The summed E-state index contributed by atoms with van der Waals surface area (Å²) >= 11 is 3.46. The number of ether oxygens (including phenoxy) is 1. The molecule has 5 aromatic rings. The van der Waals surface area contributed by atoms with Crippen LogP contribution in [0.5, 0.6) is 5.75 Å². The molecule has 5 rings (SSSR count). The van der Waals surface area contributed by atoms with Gasteiger partial charge < -0.3 is 18.8 Å². The Bertz CT molecular complexity index is 1510. The van der Waals surface area contributed by atoms with E-state index in [0.29, 0.717) is 48.1 Å². The molecule has 0 bridgehead atoms. The van der Waals surface area contributed by atoms with Crippen LogP contribution in [-0.2, 0) is 25.8 Å². The average molecular weight is 540 g/mol. The number of fused-ring (bicyclic) bond motifs is 2. The van der Waals surface area contributed by atoms with E-state index in [2.05, 4.69) is 52.7 Å². The van der Waals surface area contributed by atoms with Crippen molar-refractivity contribution in [2.24, 2.45) is 0 Å². The number of unbranched alkanes of at least 4 members (excludes halogenated alkanes) is 2. The Balaban J connectivity index is 1.37. The van der Waals surface area contributed by atoms with Crippen molar-refractivity contribution < 1.29 is 9.26 Å². The average Bonchev–Trinajstić information content (AvgIpc) is 3.59. The summed E-state index contributed by atoms with van der Waals surface area (Å²) in [5.41, 5.74) is 2.25. The highest BCUT2D eigenvalue weighted by Crippen LogP contribution is 2.20. The highest BCUT2D eigenvalue weighted by atomic mass is 79.9. The highest BCUT2D eigenvalue weighted by molar-refractivity contribution is 9.10. The first-order valence-corrected chi connectivity index (χ1v) is 12.5. The van der Waals surface area contributed by atoms with Crippen LogP contribution in [0.25, 0.3) is 16.8 Å². The van der Waals surface area contributed by atoms with Gasteiger partial charge >= 0.3 is 0 Å². The molecule has 0 fully saturated rings. The van der Waals surface area contributed by atoms with Gasteiger partial charge in [-0.2, -0.15) is 4.98 Å². The molecule has 0 saturated carbocycles. The van der Waals surface area contributed by atoms with Crippen molar-refractivity contribution >= 4 is 32.7 Å². The van der Waals surface area contributed by atoms with Gasteiger partial charge in [0.25, 0.3) is 5.56 Å². The van der Waals surface area contributed by atoms with E-state index in [0.717, 1.165) is 47.2 Å². The topological polar surface area (TPSA) is 116 Å². The second-order valence-electron chi connectivity index (χ2n) is 8.42.